The number of nitrogens with zero attached hydrogens (tertiary/aromatic N) is 4. The van der Waals surface area contributed by atoms with Crippen molar-refractivity contribution < 1.29 is 22.8 Å². The standard InChI is InChI=1S/C19H26N4O5S/c1-4-7-22-17(24)18(25)23(19(22)26)13-20-8-10-21(11-9-20)29(27,28)16-12-14(2)5-6-15(16)3/h5-6,12H,4,7-11,13H2,1-3H3. The van der Waals surface area contributed by atoms with E-state index >= 15 is 0 Å². The smallest absolute Gasteiger partial charge is 0.283 e. The number of carbonyl (C=O) groups is 3. The minimum absolute atomic E-state index is 0.0129. The summed E-state index contributed by atoms with van der Waals surface area (Å²) < 4.78 is 27.4. The molecule has 1 aromatic rings. The van der Waals surface area contributed by atoms with Crippen LogP contribution in [0.3, 0.4) is 0 Å². The van der Waals surface area contributed by atoms with Crippen molar-refractivity contribution >= 4 is 27.9 Å². The maximum absolute atomic E-state index is 13.0. The molecule has 9 nitrogen and oxygen atoms in total. The summed E-state index contributed by atoms with van der Waals surface area (Å²) in [5.74, 6) is -1.62. The number of rotatable bonds is 6. The molecule has 0 aromatic heterocycles. The quantitative estimate of drug-likeness (QED) is 0.496. The van der Waals surface area contributed by atoms with E-state index in [9.17, 15) is 22.8 Å². The van der Waals surface area contributed by atoms with Crippen molar-refractivity contribution in [1.82, 2.24) is 19.0 Å². The third-order valence-electron chi connectivity index (χ3n) is 5.22. The number of aryl methyl sites for hydroxylation is 2. The average molecular weight is 423 g/mol. The van der Waals surface area contributed by atoms with Crippen LogP contribution >= 0.6 is 0 Å². The number of benzene rings is 1. The monoisotopic (exact) mass is 422 g/mol. The largest absolute Gasteiger partial charge is 0.335 e. The highest BCUT2D eigenvalue weighted by Gasteiger charge is 2.44. The van der Waals surface area contributed by atoms with E-state index in [1.807, 2.05) is 24.8 Å². The van der Waals surface area contributed by atoms with Gasteiger partial charge in [-0.25, -0.2) is 18.1 Å². The lowest BCUT2D eigenvalue weighted by molar-refractivity contribution is -0.144. The van der Waals surface area contributed by atoms with Crippen LogP contribution in [0.4, 0.5) is 4.79 Å². The lowest BCUT2D eigenvalue weighted by Crippen LogP contribution is -2.52. The number of urea groups is 1. The lowest BCUT2D eigenvalue weighted by Gasteiger charge is -2.35. The zero-order chi connectivity index (χ0) is 21.3. The maximum atomic E-state index is 13.0. The first-order valence-electron chi connectivity index (χ1n) is 9.64. The normalized spacial score (nSPS) is 19.5. The Balaban J connectivity index is 1.65. The van der Waals surface area contributed by atoms with Crippen molar-refractivity contribution in [2.75, 3.05) is 39.4 Å². The molecule has 10 heteroatoms. The summed E-state index contributed by atoms with van der Waals surface area (Å²) >= 11 is 0. The molecule has 2 saturated heterocycles. The Labute approximate surface area is 170 Å². The number of hydrogen-bond donors (Lipinski definition) is 0. The topological polar surface area (TPSA) is 98.3 Å². The molecule has 3 rings (SSSR count). The molecule has 2 aliphatic heterocycles. The number of hydrogen-bond acceptors (Lipinski definition) is 6. The highest BCUT2D eigenvalue weighted by atomic mass is 32.2. The summed E-state index contributed by atoms with van der Waals surface area (Å²) in [4.78, 5) is 40.5. The number of sulfonamides is 1. The van der Waals surface area contributed by atoms with Gasteiger partial charge in [0.2, 0.25) is 10.0 Å². The molecule has 0 aliphatic carbocycles. The van der Waals surface area contributed by atoms with Gasteiger partial charge < -0.3 is 0 Å². The number of amides is 4. The summed E-state index contributed by atoms with van der Waals surface area (Å²) in [6.07, 6.45) is 0.577. The van der Waals surface area contributed by atoms with Crippen molar-refractivity contribution in [2.24, 2.45) is 0 Å². The summed E-state index contributed by atoms with van der Waals surface area (Å²) in [7, 11) is -3.62. The maximum Gasteiger partial charge on any atom is 0.335 e. The van der Waals surface area contributed by atoms with Crippen LogP contribution in [0.1, 0.15) is 24.5 Å². The second-order valence-electron chi connectivity index (χ2n) is 7.41. The Hall–Kier alpha value is -2.30. The first-order chi connectivity index (χ1) is 13.7. The molecule has 0 atom stereocenters. The number of piperazine rings is 1. The van der Waals surface area contributed by atoms with Gasteiger partial charge in [0.25, 0.3) is 0 Å². The van der Waals surface area contributed by atoms with E-state index in [1.165, 1.54) is 4.31 Å². The van der Waals surface area contributed by atoms with Gasteiger partial charge >= 0.3 is 17.8 Å². The van der Waals surface area contributed by atoms with E-state index < -0.39 is 27.9 Å². The first kappa shape index (κ1) is 21.4. The summed E-state index contributed by atoms with van der Waals surface area (Å²) in [6.45, 7) is 6.87. The van der Waals surface area contributed by atoms with Crippen LogP contribution in [0.2, 0.25) is 0 Å². The highest BCUT2D eigenvalue weighted by Crippen LogP contribution is 2.23. The van der Waals surface area contributed by atoms with Gasteiger partial charge in [-0.15, -0.1) is 0 Å². The third-order valence-corrected chi connectivity index (χ3v) is 7.26. The number of carbonyl (C=O) groups excluding carboxylic acids is 3. The third kappa shape index (κ3) is 4.05. The second-order valence-corrected chi connectivity index (χ2v) is 9.31. The van der Waals surface area contributed by atoms with Crippen LogP contribution in [0.15, 0.2) is 23.1 Å². The van der Waals surface area contributed by atoms with Gasteiger partial charge in [0.05, 0.1) is 11.6 Å². The van der Waals surface area contributed by atoms with Gasteiger partial charge in [0, 0.05) is 32.7 Å². The van der Waals surface area contributed by atoms with E-state index in [2.05, 4.69) is 0 Å². The van der Waals surface area contributed by atoms with Crippen molar-refractivity contribution in [1.29, 1.82) is 0 Å². The van der Waals surface area contributed by atoms with Crippen molar-refractivity contribution in [3.05, 3.63) is 29.3 Å². The van der Waals surface area contributed by atoms with Crippen LogP contribution in [-0.2, 0) is 19.6 Å². The van der Waals surface area contributed by atoms with E-state index in [1.54, 1.807) is 19.1 Å². The predicted octanol–water partition coefficient (Wildman–Crippen LogP) is 0.768. The van der Waals surface area contributed by atoms with Gasteiger partial charge in [-0.2, -0.15) is 4.31 Å². The lowest BCUT2D eigenvalue weighted by atomic mass is 10.2. The molecule has 29 heavy (non-hydrogen) atoms. The minimum Gasteiger partial charge on any atom is -0.283 e. The zero-order valence-corrected chi connectivity index (χ0v) is 17.7. The van der Waals surface area contributed by atoms with E-state index in [4.69, 9.17) is 0 Å². The van der Waals surface area contributed by atoms with Gasteiger partial charge in [-0.3, -0.25) is 19.4 Å². The summed E-state index contributed by atoms with van der Waals surface area (Å²) in [5.41, 5.74) is 1.57. The predicted molar refractivity (Wildman–Crippen MR) is 105 cm³/mol. The second kappa shape index (κ2) is 8.21. The zero-order valence-electron chi connectivity index (χ0n) is 16.9. The molecule has 2 heterocycles. The van der Waals surface area contributed by atoms with E-state index in [0.29, 0.717) is 30.0 Å². The molecule has 0 radical (unpaired) electrons. The first-order valence-corrected chi connectivity index (χ1v) is 11.1. The fourth-order valence-corrected chi connectivity index (χ4v) is 5.26. The van der Waals surface area contributed by atoms with Crippen LogP contribution in [-0.4, -0.2) is 84.7 Å². The Morgan fingerprint density at radius 3 is 2.17 bits per heavy atom. The molecule has 0 saturated carbocycles. The Kier molecular flexibility index (Phi) is 6.06. The Bertz CT molecular complexity index is 938. The van der Waals surface area contributed by atoms with Gasteiger partial charge in [-0.1, -0.05) is 19.1 Å². The number of imide groups is 2. The van der Waals surface area contributed by atoms with Crippen molar-refractivity contribution in [3.8, 4) is 0 Å². The average Bonchev–Trinajstić information content (AvgIpc) is 2.88. The molecule has 2 aliphatic rings. The minimum atomic E-state index is -3.62. The molecule has 4 amide bonds. The molecular formula is C19H26N4O5S. The van der Waals surface area contributed by atoms with E-state index in [0.717, 1.165) is 15.4 Å². The molecule has 2 fully saturated rings. The molecule has 0 bridgehead atoms. The van der Waals surface area contributed by atoms with Crippen LogP contribution in [0.5, 0.6) is 0 Å². The molecule has 1 aromatic carbocycles. The van der Waals surface area contributed by atoms with Crippen LogP contribution in [0, 0.1) is 13.8 Å². The Morgan fingerprint density at radius 2 is 1.55 bits per heavy atom. The summed E-state index contributed by atoms with van der Waals surface area (Å²) in [5, 5.41) is 0. The summed E-state index contributed by atoms with van der Waals surface area (Å²) in [6, 6.07) is 4.74. The highest BCUT2D eigenvalue weighted by molar-refractivity contribution is 7.89. The van der Waals surface area contributed by atoms with Crippen LogP contribution < -0.4 is 0 Å². The van der Waals surface area contributed by atoms with Gasteiger partial charge in [0.1, 0.15) is 0 Å². The fraction of sp³-hybridized carbons (Fsp3) is 0.526. The van der Waals surface area contributed by atoms with Crippen LogP contribution in [0.25, 0.3) is 0 Å². The molecule has 0 unspecified atom stereocenters. The van der Waals surface area contributed by atoms with Gasteiger partial charge in [0.15, 0.2) is 0 Å². The molecule has 158 valence electrons. The molecule has 0 spiro atoms. The SMILES string of the molecule is CCCN1C(=O)C(=O)N(CN2CCN(S(=O)(=O)c3cc(C)ccc3C)CC2)C1=O. The molecule has 0 N–H and O–H groups in total. The van der Waals surface area contributed by atoms with E-state index in [-0.39, 0.29) is 26.3 Å². The van der Waals surface area contributed by atoms with Gasteiger partial charge in [-0.05, 0) is 37.5 Å². The fourth-order valence-electron chi connectivity index (χ4n) is 3.53. The Morgan fingerprint density at radius 1 is 0.931 bits per heavy atom. The molecular weight excluding hydrogens is 396 g/mol. The van der Waals surface area contributed by atoms with Crippen molar-refractivity contribution in [2.45, 2.75) is 32.1 Å². The van der Waals surface area contributed by atoms with Crippen molar-refractivity contribution in [3.63, 3.8) is 0 Å².